The van der Waals surface area contributed by atoms with E-state index < -0.39 is 36.7 Å². The van der Waals surface area contributed by atoms with Crippen LogP contribution in [0.1, 0.15) is 37.8 Å². The SMILES string of the molecule is O=C1N(c2ccc(C(F)(F)F)nc2)C(O)N(C2CCC2)C12CCN(c1cnc3cnn(CC(F)F)c3n1)CC2. The monoisotopic (exact) mass is 552 g/mol. The summed E-state index contributed by atoms with van der Waals surface area (Å²) >= 11 is 0. The number of halogens is 5. The molecule has 1 spiro atoms. The van der Waals surface area contributed by atoms with Crippen LogP contribution in [0, 0.1) is 0 Å². The number of aliphatic hydroxyl groups excluding tert-OH is 1. The van der Waals surface area contributed by atoms with E-state index in [4.69, 9.17) is 0 Å². The third kappa shape index (κ3) is 4.27. The van der Waals surface area contributed by atoms with E-state index in [2.05, 4.69) is 20.1 Å². The van der Waals surface area contributed by atoms with Crippen LogP contribution in [0.2, 0.25) is 0 Å². The van der Waals surface area contributed by atoms with Gasteiger partial charge in [-0.3, -0.25) is 9.69 Å². The minimum atomic E-state index is -4.62. The maximum absolute atomic E-state index is 13.9. The number of anilines is 2. The number of carbonyl (C=O) groups excluding carboxylic acids is 1. The lowest BCUT2D eigenvalue weighted by Gasteiger charge is -2.48. The van der Waals surface area contributed by atoms with Gasteiger partial charge in [0.25, 0.3) is 12.3 Å². The highest BCUT2D eigenvalue weighted by molar-refractivity contribution is 6.03. The van der Waals surface area contributed by atoms with Crippen molar-refractivity contribution in [2.24, 2.45) is 0 Å². The Balaban J connectivity index is 1.27. The zero-order valence-electron chi connectivity index (χ0n) is 20.6. The number of aromatic nitrogens is 5. The molecule has 3 aromatic rings. The standard InChI is InChI=1S/C24H25F5N8O2/c25-18(26)13-35-20-16(11-32-35)30-12-19(33-20)34-8-6-23(7-9-34)21(38)36(22(39)37(23)14-2-1-3-14)15-4-5-17(31-10-15)24(27,28)29/h4-5,10-12,14,18,22,39H,1-3,6-9,13H2. The lowest BCUT2D eigenvalue weighted by atomic mass is 9.81. The van der Waals surface area contributed by atoms with E-state index in [1.54, 1.807) is 4.90 Å². The first-order valence-electron chi connectivity index (χ1n) is 12.6. The van der Waals surface area contributed by atoms with Gasteiger partial charge >= 0.3 is 6.18 Å². The van der Waals surface area contributed by atoms with Crippen LogP contribution in [0.3, 0.4) is 0 Å². The number of hydrogen-bond acceptors (Lipinski definition) is 8. The molecule has 1 N–H and O–H groups in total. The lowest BCUT2D eigenvalue weighted by molar-refractivity contribution is -0.141. The largest absolute Gasteiger partial charge is 0.433 e. The third-order valence-corrected chi connectivity index (χ3v) is 7.93. The van der Waals surface area contributed by atoms with Gasteiger partial charge in [0, 0.05) is 19.1 Å². The summed E-state index contributed by atoms with van der Waals surface area (Å²) in [6.45, 7) is 0.121. The molecular weight excluding hydrogens is 527 g/mol. The molecule has 39 heavy (non-hydrogen) atoms. The van der Waals surface area contributed by atoms with Gasteiger partial charge in [0.1, 0.15) is 29.1 Å². The van der Waals surface area contributed by atoms with Crippen LogP contribution >= 0.6 is 0 Å². The Morgan fingerprint density at radius 2 is 1.82 bits per heavy atom. The number of amides is 1. The van der Waals surface area contributed by atoms with E-state index in [1.165, 1.54) is 12.4 Å². The van der Waals surface area contributed by atoms with Crippen LogP contribution in [0.25, 0.3) is 11.2 Å². The Bertz CT molecular complexity index is 1370. The summed E-state index contributed by atoms with van der Waals surface area (Å²) in [6.07, 6.45) is -1.51. The quantitative estimate of drug-likeness (QED) is 0.482. The van der Waals surface area contributed by atoms with Crippen molar-refractivity contribution in [2.75, 3.05) is 22.9 Å². The van der Waals surface area contributed by atoms with E-state index in [1.807, 2.05) is 4.90 Å². The van der Waals surface area contributed by atoms with Gasteiger partial charge in [-0.2, -0.15) is 18.3 Å². The highest BCUT2D eigenvalue weighted by Gasteiger charge is 2.61. The molecule has 2 saturated heterocycles. The van der Waals surface area contributed by atoms with Crippen LogP contribution in [0.4, 0.5) is 33.5 Å². The van der Waals surface area contributed by atoms with Crippen molar-refractivity contribution in [1.29, 1.82) is 0 Å². The number of fused-ring (bicyclic) bond motifs is 1. The zero-order chi connectivity index (χ0) is 27.5. The first kappa shape index (κ1) is 25.8. The van der Waals surface area contributed by atoms with Gasteiger partial charge in [-0.25, -0.2) is 33.3 Å². The second-order valence-corrected chi connectivity index (χ2v) is 10.1. The van der Waals surface area contributed by atoms with Crippen molar-refractivity contribution in [3.63, 3.8) is 0 Å². The van der Waals surface area contributed by atoms with Crippen LogP contribution in [-0.2, 0) is 17.5 Å². The zero-order valence-corrected chi connectivity index (χ0v) is 20.6. The third-order valence-electron chi connectivity index (χ3n) is 7.93. The number of carbonyl (C=O) groups is 1. The fraction of sp³-hybridized carbons (Fsp3) is 0.542. The van der Waals surface area contributed by atoms with Crippen molar-refractivity contribution in [1.82, 2.24) is 29.6 Å². The van der Waals surface area contributed by atoms with Gasteiger partial charge in [-0.15, -0.1) is 0 Å². The summed E-state index contributed by atoms with van der Waals surface area (Å²) in [4.78, 5) is 31.0. The number of piperidine rings is 1. The molecule has 10 nitrogen and oxygen atoms in total. The number of nitrogens with zero attached hydrogens (tertiary/aromatic N) is 8. The number of rotatable bonds is 5. The summed E-state index contributed by atoms with van der Waals surface area (Å²) < 4.78 is 66.1. The van der Waals surface area contributed by atoms with Gasteiger partial charge in [0.2, 0.25) is 0 Å². The number of hydrogen-bond donors (Lipinski definition) is 1. The molecule has 3 aliphatic rings. The lowest BCUT2D eigenvalue weighted by Crippen LogP contribution is -2.61. The molecule has 1 amide bonds. The Morgan fingerprint density at radius 1 is 1.08 bits per heavy atom. The smallest absolute Gasteiger partial charge is 0.360 e. The normalized spacial score (nSPS) is 22.4. The summed E-state index contributed by atoms with van der Waals surface area (Å²) in [6, 6.07) is 1.91. The molecule has 208 valence electrons. The Morgan fingerprint density at radius 3 is 2.41 bits per heavy atom. The first-order valence-corrected chi connectivity index (χ1v) is 12.6. The Labute approximate surface area is 219 Å². The Kier molecular flexibility index (Phi) is 6.17. The molecule has 2 aliphatic heterocycles. The van der Waals surface area contributed by atoms with Crippen molar-refractivity contribution < 1.29 is 31.9 Å². The Hall–Kier alpha value is -3.46. The van der Waals surface area contributed by atoms with Crippen molar-refractivity contribution in [3.8, 4) is 0 Å². The van der Waals surface area contributed by atoms with Crippen LogP contribution < -0.4 is 9.80 Å². The topological polar surface area (TPSA) is 104 Å². The molecule has 0 bridgehead atoms. The summed E-state index contributed by atoms with van der Waals surface area (Å²) in [5.41, 5.74) is -1.43. The van der Waals surface area contributed by atoms with Gasteiger partial charge in [0.15, 0.2) is 12.0 Å². The maximum atomic E-state index is 13.9. The van der Waals surface area contributed by atoms with E-state index >= 15 is 0 Å². The summed E-state index contributed by atoms with van der Waals surface area (Å²) in [7, 11) is 0. The molecule has 3 fully saturated rings. The molecule has 3 aromatic heterocycles. The van der Waals surface area contributed by atoms with E-state index in [-0.39, 0.29) is 23.3 Å². The molecule has 0 radical (unpaired) electrons. The fourth-order valence-electron chi connectivity index (χ4n) is 5.77. The second kappa shape index (κ2) is 9.33. The van der Waals surface area contributed by atoms with Crippen LogP contribution in [-0.4, -0.2) is 78.1 Å². The average Bonchev–Trinajstić information content (AvgIpc) is 3.35. The predicted molar refractivity (Wildman–Crippen MR) is 128 cm³/mol. The van der Waals surface area contributed by atoms with Crippen LogP contribution in [0.5, 0.6) is 0 Å². The minimum Gasteiger partial charge on any atom is -0.360 e. The van der Waals surface area contributed by atoms with Gasteiger partial charge in [-0.1, -0.05) is 6.42 Å². The molecule has 1 saturated carbocycles. The van der Waals surface area contributed by atoms with E-state index in [0.29, 0.717) is 37.3 Å². The number of pyridine rings is 1. The number of alkyl halides is 5. The first-order chi connectivity index (χ1) is 18.6. The van der Waals surface area contributed by atoms with Gasteiger partial charge in [-0.05, 0) is 37.8 Å². The fourth-order valence-corrected chi connectivity index (χ4v) is 5.77. The molecule has 1 unspecified atom stereocenters. The second-order valence-electron chi connectivity index (χ2n) is 10.1. The van der Waals surface area contributed by atoms with Crippen molar-refractivity contribution in [2.45, 2.75) is 69.2 Å². The average molecular weight is 553 g/mol. The molecule has 1 aliphatic carbocycles. The molecule has 5 heterocycles. The molecule has 15 heteroatoms. The van der Waals surface area contributed by atoms with Crippen molar-refractivity contribution in [3.05, 3.63) is 36.4 Å². The summed E-state index contributed by atoms with van der Waals surface area (Å²) in [5, 5.41) is 15.2. The molecule has 0 aromatic carbocycles. The highest BCUT2D eigenvalue weighted by Crippen LogP contribution is 2.46. The van der Waals surface area contributed by atoms with Crippen molar-refractivity contribution >= 4 is 28.6 Å². The summed E-state index contributed by atoms with van der Waals surface area (Å²) in [5.74, 6) is 0.0676. The maximum Gasteiger partial charge on any atom is 0.433 e. The highest BCUT2D eigenvalue weighted by atomic mass is 19.4. The van der Waals surface area contributed by atoms with E-state index in [0.717, 1.165) is 47.2 Å². The predicted octanol–water partition coefficient (Wildman–Crippen LogP) is 3.02. The van der Waals surface area contributed by atoms with E-state index in [9.17, 15) is 31.9 Å². The van der Waals surface area contributed by atoms with Crippen LogP contribution in [0.15, 0.2) is 30.7 Å². The molecule has 1 atom stereocenters. The minimum absolute atomic E-state index is 0.0391. The molecular formula is C24H25F5N8O2. The number of aliphatic hydroxyl groups is 1. The van der Waals surface area contributed by atoms with Gasteiger partial charge in [0.05, 0.1) is 24.3 Å². The van der Waals surface area contributed by atoms with Gasteiger partial charge < -0.3 is 10.0 Å². The molecule has 6 rings (SSSR count).